The first-order valence-corrected chi connectivity index (χ1v) is 8.76. The standard InChI is InChI=1S/C18H23N3O3/c22-17(19-12-7-4-8-12)15-9-14-10-21(11-16(15)24-14)18(23)20-13-5-2-1-3-6-13/h1-3,5-6,12,14-16H,4,7-11H2,(H,19,22)(H,20,23)/t14-,15+,16-/m1/s1. The van der Waals surface area contributed by atoms with Gasteiger partial charge in [0.1, 0.15) is 0 Å². The van der Waals surface area contributed by atoms with Gasteiger partial charge in [0.15, 0.2) is 0 Å². The Bertz CT molecular complexity index is 617. The number of anilines is 1. The Balaban J connectivity index is 1.35. The number of hydrogen-bond donors (Lipinski definition) is 2. The van der Waals surface area contributed by atoms with Crippen molar-refractivity contribution in [3.05, 3.63) is 30.3 Å². The summed E-state index contributed by atoms with van der Waals surface area (Å²) < 4.78 is 5.91. The van der Waals surface area contributed by atoms with Gasteiger partial charge in [0.2, 0.25) is 5.91 Å². The van der Waals surface area contributed by atoms with Gasteiger partial charge < -0.3 is 20.3 Å². The lowest BCUT2D eigenvalue weighted by Crippen LogP contribution is -2.50. The van der Waals surface area contributed by atoms with Crippen LogP contribution in [0.15, 0.2) is 30.3 Å². The maximum Gasteiger partial charge on any atom is 0.322 e. The highest BCUT2D eigenvalue weighted by atomic mass is 16.5. The van der Waals surface area contributed by atoms with Crippen molar-refractivity contribution in [3.63, 3.8) is 0 Å². The van der Waals surface area contributed by atoms with E-state index in [1.54, 1.807) is 4.90 Å². The number of urea groups is 1. The lowest BCUT2D eigenvalue weighted by molar-refractivity contribution is -0.128. The van der Waals surface area contributed by atoms with Crippen LogP contribution in [-0.2, 0) is 9.53 Å². The van der Waals surface area contributed by atoms with Gasteiger partial charge in [-0.15, -0.1) is 0 Å². The number of para-hydroxylation sites is 1. The summed E-state index contributed by atoms with van der Waals surface area (Å²) in [5.41, 5.74) is 0.778. The van der Waals surface area contributed by atoms with E-state index < -0.39 is 0 Å². The first-order chi connectivity index (χ1) is 11.7. The molecule has 3 aliphatic rings. The van der Waals surface area contributed by atoms with Crippen molar-refractivity contribution in [2.45, 2.75) is 43.9 Å². The molecule has 1 saturated carbocycles. The minimum atomic E-state index is -0.189. The number of rotatable bonds is 3. The van der Waals surface area contributed by atoms with Crippen LogP contribution in [0.3, 0.4) is 0 Å². The topological polar surface area (TPSA) is 70.7 Å². The maximum absolute atomic E-state index is 12.5. The van der Waals surface area contributed by atoms with Crippen LogP contribution >= 0.6 is 0 Å². The Morgan fingerprint density at radius 2 is 1.92 bits per heavy atom. The molecule has 2 N–H and O–H groups in total. The average Bonchev–Trinajstić information content (AvgIpc) is 2.85. The fourth-order valence-corrected chi connectivity index (χ4v) is 3.68. The number of carbonyl (C=O) groups excluding carboxylic acids is 2. The summed E-state index contributed by atoms with van der Waals surface area (Å²) in [4.78, 5) is 26.7. The van der Waals surface area contributed by atoms with Gasteiger partial charge in [0.25, 0.3) is 0 Å². The molecular formula is C18H23N3O3. The second-order valence-corrected chi connectivity index (χ2v) is 6.98. The summed E-state index contributed by atoms with van der Waals surface area (Å²) in [6.07, 6.45) is 3.84. The number of fused-ring (bicyclic) bond motifs is 2. The minimum Gasteiger partial charge on any atom is -0.370 e. The van der Waals surface area contributed by atoms with Crippen molar-refractivity contribution in [1.82, 2.24) is 10.2 Å². The summed E-state index contributed by atoms with van der Waals surface area (Å²) in [5.74, 6) is -0.0392. The van der Waals surface area contributed by atoms with Crippen LogP contribution in [0.4, 0.5) is 10.5 Å². The van der Waals surface area contributed by atoms with Crippen LogP contribution in [0.5, 0.6) is 0 Å². The third kappa shape index (κ3) is 3.11. The number of amides is 3. The molecule has 4 rings (SSSR count). The number of benzene rings is 1. The fourth-order valence-electron chi connectivity index (χ4n) is 3.68. The molecule has 1 aromatic carbocycles. The van der Waals surface area contributed by atoms with Crippen LogP contribution < -0.4 is 10.6 Å². The Labute approximate surface area is 141 Å². The quantitative estimate of drug-likeness (QED) is 0.891. The lowest BCUT2D eigenvalue weighted by Gasteiger charge is -2.33. The second-order valence-electron chi connectivity index (χ2n) is 6.98. The van der Waals surface area contributed by atoms with Gasteiger partial charge in [-0.1, -0.05) is 18.2 Å². The molecule has 6 nitrogen and oxygen atoms in total. The van der Waals surface area contributed by atoms with Crippen LogP contribution in [0.25, 0.3) is 0 Å². The Hall–Kier alpha value is -2.08. The van der Waals surface area contributed by atoms with Crippen LogP contribution in [0.1, 0.15) is 25.7 Å². The average molecular weight is 329 g/mol. The summed E-state index contributed by atoms with van der Waals surface area (Å²) in [7, 11) is 0. The number of ether oxygens (including phenoxy) is 1. The molecule has 0 unspecified atom stereocenters. The highest BCUT2D eigenvalue weighted by Gasteiger charge is 2.46. The lowest BCUT2D eigenvalue weighted by atomic mass is 9.91. The van der Waals surface area contributed by atoms with Crippen molar-refractivity contribution < 1.29 is 14.3 Å². The van der Waals surface area contributed by atoms with E-state index in [0.29, 0.717) is 25.6 Å². The smallest absolute Gasteiger partial charge is 0.322 e. The SMILES string of the molecule is O=C(NC1CCC1)[C@H]1C[C@@H]2CN(C(=O)Nc3ccccc3)C[C@H]1O2. The summed E-state index contributed by atoms with van der Waals surface area (Å²) in [6, 6.07) is 9.63. The molecule has 3 fully saturated rings. The monoisotopic (exact) mass is 329 g/mol. The van der Waals surface area contributed by atoms with E-state index in [9.17, 15) is 9.59 Å². The van der Waals surface area contributed by atoms with E-state index in [1.165, 1.54) is 6.42 Å². The van der Waals surface area contributed by atoms with Crippen molar-refractivity contribution in [2.24, 2.45) is 5.92 Å². The molecule has 3 atom stereocenters. The van der Waals surface area contributed by atoms with Gasteiger partial charge in [0, 0.05) is 24.8 Å². The Morgan fingerprint density at radius 1 is 1.12 bits per heavy atom. The first-order valence-electron chi connectivity index (χ1n) is 8.76. The zero-order valence-corrected chi connectivity index (χ0v) is 13.6. The molecule has 1 aromatic rings. The molecule has 0 spiro atoms. The Morgan fingerprint density at radius 3 is 2.62 bits per heavy atom. The predicted octanol–water partition coefficient (Wildman–Crippen LogP) is 1.98. The molecular weight excluding hydrogens is 306 g/mol. The third-order valence-corrected chi connectivity index (χ3v) is 5.26. The molecule has 0 aromatic heterocycles. The van der Waals surface area contributed by atoms with Gasteiger partial charge in [0.05, 0.1) is 18.1 Å². The minimum absolute atomic E-state index is 0.0394. The van der Waals surface area contributed by atoms with Crippen molar-refractivity contribution in [1.29, 1.82) is 0 Å². The van der Waals surface area contributed by atoms with E-state index in [-0.39, 0.29) is 30.1 Å². The molecule has 128 valence electrons. The van der Waals surface area contributed by atoms with Crippen molar-refractivity contribution >= 4 is 17.6 Å². The second kappa shape index (κ2) is 6.43. The summed E-state index contributed by atoms with van der Waals surface area (Å²) in [6.45, 7) is 1.01. The van der Waals surface area contributed by atoms with E-state index in [2.05, 4.69) is 10.6 Å². The van der Waals surface area contributed by atoms with E-state index in [1.807, 2.05) is 30.3 Å². The normalized spacial score (nSPS) is 29.0. The highest BCUT2D eigenvalue weighted by molar-refractivity contribution is 5.89. The molecule has 2 aliphatic heterocycles. The molecule has 2 saturated heterocycles. The van der Waals surface area contributed by atoms with Crippen molar-refractivity contribution in [2.75, 3.05) is 18.4 Å². The zero-order valence-electron chi connectivity index (χ0n) is 13.6. The molecule has 6 heteroatoms. The molecule has 24 heavy (non-hydrogen) atoms. The summed E-state index contributed by atoms with van der Waals surface area (Å²) in [5, 5.41) is 6.02. The van der Waals surface area contributed by atoms with Gasteiger partial charge in [-0.05, 0) is 37.8 Å². The van der Waals surface area contributed by atoms with Gasteiger partial charge in [-0.25, -0.2) is 4.79 Å². The number of carbonyl (C=O) groups is 2. The molecule has 3 amide bonds. The van der Waals surface area contributed by atoms with E-state index in [4.69, 9.17) is 4.74 Å². The molecule has 2 heterocycles. The van der Waals surface area contributed by atoms with Gasteiger partial charge in [-0.3, -0.25) is 4.79 Å². The molecule has 0 radical (unpaired) electrons. The van der Waals surface area contributed by atoms with E-state index in [0.717, 1.165) is 18.5 Å². The number of nitrogens with one attached hydrogen (secondary N) is 2. The van der Waals surface area contributed by atoms with Crippen LogP contribution in [0, 0.1) is 5.92 Å². The third-order valence-electron chi connectivity index (χ3n) is 5.26. The Kier molecular flexibility index (Phi) is 4.14. The van der Waals surface area contributed by atoms with Gasteiger partial charge >= 0.3 is 6.03 Å². The molecule has 2 bridgehead atoms. The number of morpholine rings is 1. The number of likely N-dealkylation sites (tertiary alicyclic amines) is 1. The van der Waals surface area contributed by atoms with Gasteiger partial charge in [-0.2, -0.15) is 0 Å². The number of nitrogens with zero attached hydrogens (tertiary/aromatic N) is 1. The predicted molar refractivity (Wildman–Crippen MR) is 89.6 cm³/mol. The maximum atomic E-state index is 12.5. The van der Waals surface area contributed by atoms with Crippen molar-refractivity contribution in [3.8, 4) is 0 Å². The largest absolute Gasteiger partial charge is 0.370 e. The highest BCUT2D eigenvalue weighted by Crippen LogP contribution is 2.33. The molecule has 1 aliphatic carbocycles. The first kappa shape index (κ1) is 15.4. The summed E-state index contributed by atoms with van der Waals surface area (Å²) >= 11 is 0. The van der Waals surface area contributed by atoms with Crippen LogP contribution in [0.2, 0.25) is 0 Å². The van der Waals surface area contributed by atoms with Crippen LogP contribution in [-0.4, -0.2) is 48.2 Å². The van der Waals surface area contributed by atoms with E-state index >= 15 is 0 Å². The number of hydrogen-bond acceptors (Lipinski definition) is 3. The fraction of sp³-hybridized carbons (Fsp3) is 0.556. The zero-order chi connectivity index (χ0) is 16.5.